The Morgan fingerprint density at radius 2 is 1.19 bits per heavy atom. The molecule has 3 amide bonds. The first-order valence-electron chi connectivity index (χ1n) is 11.7. The molecule has 0 aliphatic heterocycles. The zero-order valence-corrected chi connectivity index (χ0v) is 27.2. The first-order chi connectivity index (χ1) is 17.4. The van der Waals surface area contributed by atoms with Crippen LogP contribution in [-0.2, 0) is 9.59 Å². The van der Waals surface area contributed by atoms with Crippen LogP contribution in [-0.4, -0.2) is 94.9 Å². The summed E-state index contributed by atoms with van der Waals surface area (Å²) < 4.78 is 1.55. The minimum atomic E-state index is -0.915. The Kier molecular flexibility index (Phi) is 16.2. The minimum Gasteiger partial charge on any atom is -0.395 e. The third-order valence-corrected chi connectivity index (χ3v) is 8.58. The summed E-state index contributed by atoms with van der Waals surface area (Å²) in [7, 11) is 0. The number of aliphatic hydroxyl groups is 5. The summed E-state index contributed by atoms with van der Waals surface area (Å²) in [5.41, 5.74) is 1.14. The van der Waals surface area contributed by atoms with Crippen LogP contribution in [0.15, 0.2) is 0 Å². The molecule has 14 heteroatoms. The van der Waals surface area contributed by atoms with Gasteiger partial charge in [-0.2, -0.15) is 0 Å². The van der Waals surface area contributed by atoms with Crippen molar-refractivity contribution in [3.8, 4) is 0 Å². The monoisotopic (exact) mass is 861 g/mol. The molecule has 1 rings (SSSR count). The van der Waals surface area contributed by atoms with Crippen molar-refractivity contribution in [1.29, 1.82) is 0 Å². The van der Waals surface area contributed by atoms with Gasteiger partial charge in [-0.3, -0.25) is 14.4 Å². The molecule has 0 fully saturated rings. The normalized spacial score (nSPS) is 12.7. The average Bonchev–Trinajstić information content (AvgIpc) is 2.84. The maximum atomic E-state index is 13.2. The molecule has 0 aromatic heterocycles. The van der Waals surface area contributed by atoms with E-state index in [-0.39, 0.29) is 56.5 Å². The van der Waals surface area contributed by atoms with Crippen molar-refractivity contribution in [3.05, 3.63) is 16.3 Å². The van der Waals surface area contributed by atoms with E-state index < -0.39 is 31.3 Å². The van der Waals surface area contributed by atoms with E-state index >= 15 is 0 Å². The molecule has 0 radical (unpaired) electrons. The molecule has 0 aliphatic rings. The molecule has 2 atom stereocenters. The number of halogens is 3. The number of nitrogens with zero attached hydrogens (tertiary/aromatic N) is 2. The van der Waals surface area contributed by atoms with Crippen molar-refractivity contribution in [2.24, 2.45) is 0 Å². The number of nitrogens with one attached hydrogen (secondary N) is 1. The summed E-state index contributed by atoms with van der Waals surface area (Å²) >= 11 is 6.05. The fraction of sp³-hybridized carbons (Fsp3) is 0.609. The molecule has 1 aromatic rings. The lowest BCUT2D eigenvalue weighted by molar-refractivity contribution is -0.117. The summed E-state index contributed by atoms with van der Waals surface area (Å²) in [6, 6.07) is 0. The fourth-order valence-electron chi connectivity index (χ4n) is 3.58. The number of carbonyl (C=O) groups is 3. The van der Waals surface area contributed by atoms with Crippen LogP contribution in [0, 0.1) is 10.7 Å². The molecule has 37 heavy (non-hydrogen) atoms. The molecule has 0 spiro atoms. The first kappa shape index (κ1) is 34.6. The lowest BCUT2D eigenvalue weighted by Crippen LogP contribution is -2.37. The molecule has 0 saturated heterocycles. The van der Waals surface area contributed by atoms with Crippen molar-refractivity contribution >= 4 is 96.9 Å². The quantitative estimate of drug-likeness (QED) is 0.143. The van der Waals surface area contributed by atoms with Crippen molar-refractivity contribution in [3.63, 3.8) is 0 Å². The first-order valence-corrected chi connectivity index (χ1v) is 14.9. The maximum Gasteiger partial charge on any atom is 0.253 e. The Morgan fingerprint density at radius 3 is 1.51 bits per heavy atom. The average molecular weight is 861 g/mol. The number of aliphatic hydroxyl groups excluding tert-OH is 5. The van der Waals surface area contributed by atoms with Gasteiger partial charge < -0.3 is 40.6 Å². The Labute approximate surface area is 257 Å². The van der Waals surface area contributed by atoms with Gasteiger partial charge in [0, 0.05) is 33.5 Å². The molecular formula is C23H34I3N3O8. The lowest BCUT2D eigenvalue weighted by Gasteiger charge is -2.31. The molecule has 0 aliphatic carbocycles. The number of benzene rings is 1. The molecule has 1 aromatic carbocycles. The van der Waals surface area contributed by atoms with Gasteiger partial charge in [0.15, 0.2) is 0 Å². The van der Waals surface area contributed by atoms with Crippen molar-refractivity contribution in [2.45, 2.75) is 51.7 Å². The molecule has 0 heterocycles. The Morgan fingerprint density at radius 1 is 0.784 bits per heavy atom. The lowest BCUT2D eigenvalue weighted by atomic mass is 10.1. The Balaban J connectivity index is 3.73. The zero-order valence-electron chi connectivity index (χ0n) is 20.7. The number of anilines is 2. The van der Waals surface area contributed by atoms with Crippen LogP contribution < -0.4 is 15.1 Å². The van der Waals surface area contributed by atoms with Gasteiger partial charge in [-0.15, -0.1) is 0 Å². The largest absolute Gasteiger partial charge is 0.395 e. The van der Waals surface area contributed by atoms with Crippen molar-refractivity contribution < 1.29 is 39.9 Å². The second-order valence-corrected chi connectivity index (χ2v) is 11.5. The van der Waals surface area contributed by atoms with E-state index in [0.29, 0.717) is 34.9 Å². The van der Waals surface area contributed by atoms with Crippen LogP contribution in [0.25, 0.3) is 0 Å². The highest BCUT2D eigenvalue weighted by molar-refractivity contribution is 14.1. The summed E-state index contributed by atoms with van der Waals surface area (Å²) in [5, 5.41) is 49.5. The van der Waals surface area contributed by atoms with Crippen LogP contribution in [0.2, 0.25) is 0 Å². The van der Waals surface area contributed by atoms with E-state index in [1.165, 1.54) is 23.6 Å². The second kappa shape index (κ2) is 17.3. The van der Waals surface area contributed by atoms with E-state index in [9.17, 15) is 29.7 Å². The fourth-order valence-corrected chi connectivity index (χ4v) is 8.40. The number of rotatable bonds is 15. The van der Waals surface area contributed by atoms with Gasteiger partial charge in [0.05, 0.1) is 59.7 Å². The van der Waals surface area contributed by atoms with E-state index in [4.69, 9.17) is 10.2 Å². The molecular weight excluding hydrogens is 827 g/mol. The number of carbonyl (C=O) groups excluding carboxylic acids is 3. The summed E-state index contributed by atoms with van der Waals surface area (Å²) in [4.78, 5) is 41.7. The van der Waals surface area contributed by atoms with Gasteiger partial charge in [-0.05, 0) is 93.5 Å². The van der Waals surface area contributed by atoms with Gasteiger partial charge >= 0.3 is 0 Å². The molecule has 2 unspecified atom stereocenters. The topological polar surface area (TPSA) is 171 Å². The second-order valence-electron chi connectivity index (χ2n) is 8.29. The third-order valence-electron chi connectivity index (χ3n) is 5.45. The van der Waals surface area contributed by atoms with Crippen LogP contribution in [0.1, 0.15) is 49.9 Å². The number of amides is 3. The summed E-state index contributed by atoms with van der Waals surface area (Å²) in [6.45, 7) is 2.16. The summed E-state index contributed by atoms with van der Waals surface area (Å²) in [6.07, 6.45) is -0.530. The summed E-state index contributed by atoms with van der Waals surface area (Å²) in [5.74, 6) is -1.08. The van der Waals surface area contributed by atoms with Crippen molar-refractivity contribution in [1.82, 2.24) is 5.32 Å². The van der Waals surface area contributed by atoms with Crippen LogP contribution in [0.5, 0.6) is 0 Å². The molecule has 11 nitrogen and oxygen atoms in total. The van der Waals surface area contributed by atoms with Gasteiger partial charge in [0.25, 0.3) is 5.91 Å². The van der Waals surface area contributed by atoms with E-state index in [0.717, 1.165) is 0 Å². The predicted molar refractivity (Wildman–Crippen MR) is 165 cm³/mol. The van der Waals surface area contributed by atoms with Gasteiger partial charge in [-0.25, -0.2) is 0 Å². The van der Waals surface area contributed by atoms with Crippen LogP contribution in [0.3, 0.4) is 0 Å². The number of hydrogen-bond acceptors (Lipinski definition) is 8. The number of hydrogen-bond donors (Lipinski definition) is 6. The Hall–Kier alpha value is -0.380. The molecule has 0 saturated carbocycles. The highest BCUT2D eigenvalue weighted by atomic mass is 127. The van der Waals surface area contributed by atoms with Gasteiger partial charge in [0.2, 0.25) is 11.8 Å². The van der Waals surface area contributed by atoms with Crippen LogP contribution >= 0.6 is 67.8 Å². The van der Waals surface area contributed by atoms with E-state index in [1.807, 2.05) is 45.2 Å². The third kappa shape index (κ3) is 9.95. The van der Waals surface area contributed by atoms with E-state index in [2.05, 4.69) is 27.9 Å². The highest BCUT2D eigenvalue weighted by Gasteiger charge is 2.31. The van der Waals surface area contributed by atoms with Gasteiger partial charge in [-0.1, -0.05) is 0 Å². The van der Waals surface area contributed by atoms with Crippen molar-refractivity contribution in [2.75, 3.05) is 49.3 Å². The zero-order chi connectivity index (χ0) is 28.3. The smallest absolute Gasteiger partial charge is 0.253 e. The highest BCUT2D eigenvalue weighted by Crippen LogP contribution is 2.43. The molecule has 210 valence electrons. The minimum absolute atomic E-state index is 0.0204. The standard InChI is InChI=1S/C23H34I3N3O8/c1-13(33)28(8-3-5-15(35)11-31)21-18(24)17(23(37)27-7-10-30)19(25)22(20(21)26)29(14(2)34)9-4-6-16(36)12-32/h15-16,30-32,35-36H,3-12H2,1-2H3,(H,27,37). The predicted octanol–water partition coefficient (Wildman–Crippen LogP) is 1.20. The molecule has 6 N–H and O–H groups in total. The molecule has 0 bridgehead atoms. The Bertz CT molecular complexity index is 889. The van der Waals surface area contributed by atoms with Crippen LogP contribution in [0.4, 0.5) is 11.4 Å². The maximum absolute atomic E-state index is 13.2. The SMILES string of the molecule is CC(=O)N(CCCC(O)CO)c1c(I)c(C(=O)NCCO)c(I)c(N(CCCC(O)CO)C(C)=O)c1I. The van der Waals surface area contributed by atoms with E-state index in [1.54, 1.807) is 0 Å². The van der Waals surface area contributed by atoms with Gasteiger partial charge in [0.1, 0.15) is 0 Å².